The maximum Gasteiger partial charge on any atom is 0.416 e. The van der Waals surface area contributed by atoms with Crippen LogP contribution in [0, 0.1) is 23.7 Å². The van der Waals surface area contributed by atoms with Crippen molar-refractivity contribution in [3.63, 3.8) is 0 Å². The lowest BCUT2D eigenvalue weighted by molar-refractivity contribution is -0.137. The zero-order valence-electron chi connectivity index (χ0n) is 12.4. The second kappa shape index (κ2) is 5.09. The molecular formula is C17H13ClF3NO2. The van der Waals surface area contributed by atoms with Gasteiger partial charge in [0.05, 0.1) is 28.1 Å². The van der Waals surface area contributed by atoms with Crippen LogP contribution < -0.4 is 4.90 Å². The molecule has 1 saturated carbocycles. The molecule has 1 saturated heterocycles. The molecule has 2 bridgehead atoms. The Kier molecular flexibility index (Phi) is 3.33. The maximum atomic E-state index is 13.0. The van der Waals surface area contributed by atoms with E-state index in [1.807, 2.05) is 12.2 Å². The van der Waals surface area contributed by atoms with Crippen molar-refractivity contribution in [1.29, 1.82) is 0 Å². The number of imide groups is 1. The third kappa shape index (κ3) is 2.12. The van der Waals surface area contributed by atoms with Gasteiger partial charge in [0.1, 0.15) is 0 Å². The summed E-state index contributed by atoms with van der Waals surface area (Å²) in [5.41, 5.74) is -1.10. The van der Waals surface area contributed by atoms with Crippen LogP contribution in [0.3, 0.4) is 0 Å². The predicted octanol–water partition coefficient (Wildman–Crippen LogP) is 4.06. The number of alkyl halides is 3. The summed E-state index contributed by atoms with van der Waals surface area (Å²) < 4.78 is 38.9. The van der Waals surface area contributed by atoms with Crippen LogP contribution in [0.4, 0.5) is 18.9 Å². The van der Waals surface area contributed by atoms with E-state index in [9.17, 15) is 22.8 Å². The van der Waals surface area contributed by atoms with E-state index in [-0.39, 0.29) is 22.5 Å². The Labute approximate surface area is 141 Å². The van der Waals surface area contributed by atoms with Crippen LogP contribution in [0.1, 0.15) is 18.4 Å². The van der Waals surface area contributed by atoms with E-state index in [0.717, 1.165) is 35.9 Å². The van der Waals surface area contributed by atoms with Crippen molar-refractivity contribution in [1.82, 2.24) is 0 Å². The average Bonchev–Trinajstić information content (AvgIpc) is 2.82. The Morgan fingerprint density at radius 1 is 1.00 bits per heavy atom. The number of anilines is 1. The molecule has 3 nitrogen and oxygen atoms in total. The standard InChI is InChI=1S/C17H13ClF3NO2/c18-11-6-5-10(17(19,20)21)7-12(11)22-15(23)13-8-1-2-9(4-3-8)14(13)16(22)24/h1-2,5-9,13-14H,3-4H2/t8-,9+,13-,14+. The highest BCUT2D eigenvalue weighted by Gasteiger charge is 2.57. The number of hydrogen-bond acceptors (Lipinski definition) is 2. The molecule has 5 rings (SSSR count). The highest BCUT2D eigenvalue weighted by atomic mass is 35.5. The molecule has 1 aromatic carbocycles. The largest absolute Gasteiger partial charge is 0.416 e. The van der Waals surface area contributed by atoms with E-state index >= 15 is 0 Å². The van der Waals surface area contributed by atoms with Crippen molar-refractivity contribution in [2.45, 2.75) is 19.0 Å². The Balaban J connectivity index is 1.78. The zero-order valence-corrected chi connectivity index (χ0v) is 13.1. The molecule has 1 aliphatic heterocycles. The van der Waals surface area contributed by atoms with Crippen LogP contribution in [0.2, 0.25) is 5.02 Å². The summed E-state index contributed by atoms with van der Waals surface area (Å²) in [6.07, 6.45) is 0.991. The minimum absolute atomic E-state index is 0.0222. The lowest BCUT2D eigenvalue weighted by atomic mass is 9.63. The zero-order chi connectivity index (χ0) is 17.2. The number of carbonyl (C=O) groups excluding carboxylic acids is 2. The molecule has 2 amide bonds. The molecule has 0 N–H and O–H groups in total. The summed E-state index contributed by atoms with van der Waals surface area (Å²) in [5.74, 6) is -1.88. The summed E-state index contributed by atoms with van der Waals surface area (Å²) in [6, 6.07) is 2.70. The van der Waals surface area contributed by atoms with Crippen LogP contribution in [-0.4, -0.2) is 11.8 Å². The van der Waals surface area contributed by atoms with Crippen LogP contribution in [0.5, 0.6) is 0 Å². The lowest BCUT2D eigenvalue weighted by Crippen LogP contribution is -2.38. The van der Waals surface area contributed by atoms with E-state index in [1.54, 1.807) is 0 Å². The number of amides is 2. The first-order chi connectivity index (χ1) is 11.3. The van der Waals surface area contributed by atoms with Gasteiger partial charge in [-0.3, -0.25) is 9.59 Å². The molecule has 1 heterocycles. The van der Waals surface area contributed by atoms with Crippen molar-refractivity contribution in [3.05, 3.63) is 40.9 Å². The molecule has 1 aromatic rings. The molecule has 2 fully saturated rings. The van der Waals surface area contributed by atoms with Gasteiger partial charge in [0.2, 0.25) is 11.8 Å². The number of halogens is 4. The van der Waals surface area contributed by atoms with Crippen LogP contribution in [0.15, 0.2) is 30.4 Å². The van der Waals surface area contributed by atoms with E-state index < -0.39 is 35.4 Å². The van der Waals surface area contributed by atoms with Gasteiger partial charge >= 0.3 is 6.18 Å². The van der Waals surface area contributed by atoms with E-state index in [4.69, 9.17) is 11.6 Å². The molecule has 126 valence electrons. The van der Waals surface area contributed by atoms with E-state index in [2.05, 4.69) is 0 Å². The van der Waals surface area contributed by atoms with Crippen molar-refractivity contribution in [2.75, 3.05) is 4.90 Å². The van der Waals surface area contributed by atoms with Gasteiger partial charge in [-0.05, 0) is 42.9 Å². The Bertz CT molecular complexity index is 742. The average molecular weight is 356 g/mol. The summed E-state index contributed by atoms with van der Waals surface area (Å²) in [4.78, 5) is 26.4. The Morgan fingerprint density at radius 2 is 1.54 bits per heavy atom. The molecule has 0 radical (unpaired) electrons. The van der Waals surface area contributed by atoms with Gasteiger partial charge in [0, 0.05) is 0 Å². The SMILES string of the molecule is O=C1[C@@H]2[C@H](C(=O)N1c1cc(C(F)(F)F)ccc1Cl)[C@@H]1C=C[C@H]2CC1. The molecular weight excluding hydrogens is 343 g/mol. The van der Waals surface area contributed by atoms with Gasteiger partial charge in [-0.2, -0.15) is 13.2 Å². The first-order valence-electron chi connectivity index (χ1n) is 7.72. The fraction of sp³-hybridized carbons (Fsp3) is 0.412. The Morgan fingerprint density at radius 3 is 2.00 bits per heavy atom. The third-order valence-electron chi connectivity index (χ3n) is 5.27. The maximum absolute atomic E-state index is 13.0. The van der Waals surface area contributed by atoms with Crippen molar-refractivity contribution in [3.8, 4) is 0 Å². The molecule has 4 atom stereocenters. The highest BCUT2D eigenvalue weighted by Crippen LogP contribution is 2.51. The monoisotopic (exact) mass is 355 g/mol. The van der Waals surface area contributed by atoms with Crippen LogP contribution in [0.25, 0.3) is 0 Å². The molecule has 0 unspecified atom stereocenters. The second-order valence-corrected chi connectivity index (χ2v) is 6.92. The van der Waals surface area contributed by atoms with Gasteiger partial charge in [0.15, 0.2) is 0 Å². The first-order valence-corrected chi connectivity index (χ1v) is 8.09. The number of fused-ring (bicyclic) bond motifs is 1. The molecule has 24 heavy (non-hydrogen) atoms. The third-order valence-corrected chi connectivity index (χ3v) is 5.59. The van der Waals surface area contributed by atoms with Gasteiger partial charge < -0.3 is 0 Å². The molecule has 4 aliphatic rings. The minimum atomic E-state index is -4.57. The second-order valence-electron chi connectivity index (χ2n) is 6.52. The number of benzene rings is 1. The normalized spacial score (nSPS) is 31.8. The first kappa shape index (κ1) is 15.7. The number of rotatable bonds is 1. The topological polar surface area (TPSA) is 37.4 Å². The predicted molar refractivity (Wildman–Crippen MR) is 81.3 cm³/mol. The lowest BCUT2D eigenvalue weighted by Gasteiger charge is -2.38. The van der Waals surface area contributed by atoms with Gasteiger partial charge in [-0.1, -0.05) is 23.8 Å². The number of allylic oxidation sites excluding steroid dienone is 2. The fourth-order valence-corrected chi connectivity index (χ4v) is 4.37. The number of nitrogens with zero attached hydrogens (tertiary/aromatic N) is 1. The minimum Gasteiger partial charge on any atom is -0.274 e. The fourth-order valence-electron chi connectivity index (χ4n) is 4.17. The van der Waals surface area contributed by atoms with Gasteiger partial charge in [0.25, 0.3) is 0 Å². The quantitative estimate of drug-likeness (QED) is 0.562. The van der Waals surface area contributed by atoms with Gasteiger partial charge in [-0.25, -0.2) is 4.90 Å². The Hall–Kier alpha value is -1.82. The van der Waals surface area contributed by atoms with Crippen molar-refractivity contribution in [2.24, 2.45) is 23.7 Å². The smallest absolute Gasteiger partial charge is 0.274 e. The summed E-state index contributed by atoms with van der Waals surface area (Å²) in [6.45, 7) is 0. The highest BCUT2D eigenvalue weighted by molar-refractivity contribution is 6.36. The summed E-state index contributed by atoms with van der Waals surface area (Å²) >= 11 is 6.01. The molecule has 7 heteroatoms. The van der Waals surface area contributed by atoms with E-state index in [0.29, 0.717) is 0 Å². The number of carbonyl (C=O) groups is 2. The van der Waals surface area contributed by atoms with Crippen LogP contribution >= 0.6 is 11.6 Å². The van der Waals surface area contributed by atoms with Crippen LogP contribution in [-0.2, 0) is 15.8 Å². The van der Waals surface area contributed by atoms with Gasteiger partial charge in [-0.15, -0.1) is 0 Å². The van der Waals surface area contributed by atoms with E-state index in [1.165, 1.54) is 0 Å². The molecule has 0 aromatic heterocycles. The van der Waals surface area contributed by atoms with Crippen molar-refractivity contribution < 1.29 is 22.8 Å². The number of hydrogen-bond donors (Lipinski definition) is 0. The molecule has 3 aliphatic carbocycles. The van der Waals surface area contributed by atoms with Crippen molar-refractivity contribution >= 4 is 29.1 Å². The molecule has 0 spiro atoms. The summed E-state index contributed by atoms with van der Waals surface area (Å²) in [5, 5.41) is -0.0383. The summed E-state index contributed by atoms with van der Waals surface area (Å²) in [7, 11) is 0.